The Hall–Kier alpha value is -1.68. The average molecular weight is 230 g/mol. The summed E-state index contributed by atoms with van der Waals surface area (Å²) >= 11 is 0. The molecule has 0 fully saturated rings. The highest BCUT2D eigenvalue weighted by Gasteiger charge is 2.17. The number of rotatable bonds is 4. The molecule has 0 spiro atoms. The molecular formula is C13H18N4. The first-order valence-corrected chi connectivity index (χ1v) is 5.86. The lowest BCUT2D eigenvalue weighted by molar-refractivity contribution is 0.595. The fourth-order valence-corrected chi connectivity index (χ4v) is 1.97. The van der Waals surface area contributed by atoms with Crippen LogP contribution in [0.25, 0.3) is 0 Å². The van der Waals surface area contributed by atoms with Gasteiger partial charge in [-0.3, -0.25) is 9.67 Å². The molecule has 0 saturated heterocycles. The van der Waals surface area contributed by atoms with Crippen LogP contribution in [0.5, 0.6) is 0 Å². The average Bonchev–Trinajstić information content (AvgIpc) is 2.74. The van der Waals surface area contributed by atoms with Crippen LogP contribution >= 0.6 is 0 Å². The van der Waals surface area contributed by atoms with Crippen molar-refractivity contribution in [1.29, 1.82) is 0 Å². The van der Waals surface area contributed by atoms with Gasteiger partial charge in [0.15, 0.2) is 0 Å². The summed E-state index contributed by atoms with van der Waals surface area (Å²) in [6.07, 6.45) is 3.78. The molecule has 0 aromatic carbocycles. The molecule has 0 bridgehead atoms. The Bertz CT molecular complexity index is 490. The molecule has 17 heavy (non-hydrogen) atoms. The number of nitrogens with zero attached hydrogens (tertiary/aromatic N) is 3. The predicted molar refractivity (Wildman–Crippen MR) is 67.7 cm³/mol. The predicted octanol–water partition coefficient (Wildman–Crippen LogP) is 1.82. The fraction of sp³-hybridized carbons (Fsp3) is 0.385. The molecule has 4 nitrogen and oxygen atoms in total. The molecule has 2 aromatic heterocycles. The zero-order valence-electron chi connectivity index (χ0n) is 10.5. The summed E-state index contributed by atoms with van der Waals surface area (Å²) in [5.41, 5.74) is 3.27. The first-order chi connectivity index (χ1) is 8.22. The minimum atomic E-state index is 0.120. The van der Waals surface area contributed by atoms with Gasteiger partial charge in [-0.1, -0.05) is 13.0 Å². The van der Waals surface area contributed by atoms with Crippen molar-refractivity contribution in [2.45, 2.75) is 19.9 Å². The van der Waals surface area contributed by atoms with Gasteiger partial charge in [-0.15, -0.1) is 0 Å². The Labute approximate surface area is 102 Å². The molecule has 0 saturated carbocycles. The van der Waals surface area contributed by atoms with E-state index in [0.29, 0.717) is 0 Å². The van der Waals surface area contributed by atoms with E-state index in [1.54, 1.807) is 0 Å². The van der Waals surface area contributed by atoms with Gasteiger partial charge in [0.2, 0.25) is 0 Å². The van der Waals surface area contributed by atoms with Crippen molar-refractivity contribution in [1.82, 2.24) is 20.1 Å². The molecule has 1 atom stereocenters. The third-order valence-corrected chi connectivity index (χ3v) is 2.80. The topological polar surface area (TPSA) is 42.7 Å². The van der Waals surface area contributed by atoms with E-state index in [1.807, 2.05) is 43.2 Å². The summed E-state index contributed by atoms with van der Waals surface area (Å²) in [6, 6.07) is 6.23. The van der Waals surface area contributed by atoms with E-state index in [1.165, 1.54) is 5.56 Å². The highest BCUT2D eigenvalue weighted by molar-refractivity contribution is 5.29. The van der Waals surface area contributed by atoms with Crippen LogP contribution in [0.15, 0.2) is 30.6 Å². The molecular weight excluding hydrogens is 212 g/mol. The molecule has 90 valence electrons. The lowest BCUT2D eigenvalue weighted by Crippen LogP contribution is -2.23. The molecule has 2 rings (SSSR count). The summed E-state index contributed by atoms with van der Waals surface area (Å²) in [7, 11) is 1.93. The van der Waals surface area contributed by atoms with Gasteiger partial charge in [0.05, 0.1) is 11.7 Å². The summed E-state index contributed by atoms with van der Waals surface area (Å²) in [5, 5.41) is 7.93. The van der Waals surface area contributed by atoms with Gasteiger partial charge in [-0.2, -0.15) is 5.10 Å². The monoisotopic (exact) mass is 230 g/mol. The van der Waals surface area contributed by atoms with Crippen LogP contribution in [0.2, 0.25) is 0 Å². The molecule has 0 radical (unpaired) electrons. The van der Waals surface area contributed by atoms with Crippen LogP contribution in [0.1, 0.15) is 29.9 Å². The Morgan fingerprint density at radius 2 is 2.24 bits per heavy atom. The summed E-state index contributed by atoms with van der Waals surface area (Å²) in [5.74, 6) is 0. The van der Waals surface area contributed by atoms with Crippen LogP contribution in [-0.2, 0) is 7.05 Å². The summed E-state index contributed by atoms with van der Waals surface area (Å²) < 4.78 is 1.82. The van der Waals surface area contributed by atoms with Crippen molar-refractivity contribution < 1.29 is 0 Å². The number of aryl methyl sites for hydroxylation is 2. The quantitative estimate of drug-likeness (QED) is 0.871. The van der Waals surface area contributed by atoms with Crippen LogP contribution in [-0.4, -0.2) is 21.3 Å². The zero-order valence-corrected chi connectivity index (χ0v) is 10.5. The Morgan fingerprint density at radius 1 is 1.41 bits per heavy atom. The zero-order chi connectivity index (χ0) is 12.3. The lowest BCUT2D eigenvalue weighted by atomic mass is 10.0. The van der Waals surface area contributed by atoms with Crippen LogP contribution in [0.3, 0.4) is 0 Å². The summed E-state index contributed by atoms with van der Waals surface area (Å²) in [6.45, 7) is 5.03. The van der Waals surface area contributed by atoms with Crippen LogP contribution in [0, 0.1) is 6.92 Å². The molecule has 0 aliphatic rings. The second kappa shape index (κ2) is 5.10. The first-order valence-electron chi connectivity index (χ1n) is 5.86. The maximum Gasteiger partial charge on any atom is 0.0839 e. The van der Waals surface area contributed by atoms with Crippen molar-refractivity contribution in [3.8, 4) is 0 Å². The molecule has 1 N–H and O–H groups in total. The summed E-state index contributed by atoms with van der Waals surface area (Å²) in [4.78, 5) is 4.34. The molecule has 0 aliphatic heterocycles. The highest BCUT2D eigenvalue weighted by atomic mass is 15.3. The number of hydrogen-bond donors (Lipinski definition) is 1. The second-order valence-electron chi connectivity index (χ2n) is 4.08. The third kappa shape index (κ3) is 2.53. The van der Waals surface area contributed by atoms with E-state index in [0.717, 1.165) is 17.9 Å². The number of pyridine rings is 1. The van der Waals surface area contributed by atoms with Crippen molar-refractivity contribution >= 4 is 0 Å². The third-order valence-electron chi connectivity index (χ3n) is 2.80. The van der Waals surface area contributed by atoms with E-state index in [-0.39, 0.29) is 6.04 Å². The minimum absolute atomic E-state index is 0.120. The van der Waals surface area contributed by atoms with E-state index in [4.69, 9.17) is 0 Å². The van der Waals surface area contributed by atoms with Crippen molar-refractivity contribution in [2.75, 3.05) is 6.54 Å². The molecule has 4 heteroatoms. The Kier molecular flexibility index (Phi) is 3.54. The SMILES string of the molecule is CCNC(c1ccn(C)n1)c1cccnc1C. The lowest BCUT2D eigenvalue weighted by Gasteiger charge is -2.17. The molecule has 2 aromatic rings. The molecule has 2 heterocycles. The van der Waals surface area contributed by atoms with E-state index in [2.05, 4.69) is 28.4 Å². The smallest absolute Gasteiger partial charge is 0.0839 e. The van der Waals surface area contributed by atoms with Gasteiger partial charge in [0.1, 0.15) is 0 Å². The Balaban J connectivity index is 2.39. The van der Waals surface area contributed by atoms with Gasteiger partial charge in [-0.25, -0.2) is 0 Å². The number of aromatic nitrogens is 3. The van der Waals surface area contributed by atoms with Gasteiger partial charge in [0.25, 0.3) is 0 Å². The van der Waals surface area contributed by atoms with Crippen molar-refractivity contribution in [3.63, 3.8) is 0 Å². The van der Waals surface area contributed by atoms with E-state index >= 15 is 0 Å². The standard InChI is InChI=1S/C13H18N4/c1-4-14-13(12-7-9-17(3)16-12)11-6-5-8-15-10(11)2/h5-9,13-14H,4H2,1-3H3. The van der Waals surface area contributed by atoms with Gasteiger partial charge >= 0.3 is 0 Å². The van der Waals surface area contributed by atoms with Gasteiger partial charge < -0.3 is 5.32 Å². The van der Waals surface area contributed by atoms with E-state index < -0.39 is 0 Å². The molecule has 1 unspecified atom stereocenters. The van der Waals surface area contributed by atoms with Crippen molar-refractivity contribution in [3.05, 3.63) is 47.5 Å². The maximum absolute atomic E-state index is 4.47. The van der Waals surface area contributed by atoms with Gasteiger partial charge in [0, 0.05) is 25.1 Å². The highest BCUT2D eigenvalue weighted by Crippen LogP contribution is 2.22. The van der Waals surface area contributed by atoms with E-state index in [9.17, 15) is 0 Å². The number of nitrogens with one attached hydrogen (secondary N) is 1. The Morgan fingerprint density at radius 3 is 2.82 bits per heavy atom. The normalized spacial score (nSPS) is 12.6. The molecule has 0 amide bonds. The maximum atomic E-state index is 4.47. The second-order valence-corrected chi connectivity index (χ2v) is 4.08. The first kappa shape index (κ1) is 11.8. The number of hydrogen-bond acceptors (Lipinski definition) is 3. The van der Waals surface area contributed by atoms with Crippen LogP contribution in [0.4, 0.5) is 0 Å². The molecule has 0 aliphatic carbocycles. The largest absolute Gasteiger partial charge is 0.305 e. The fourth-order valence-electron chi connectivity index (χ4n) is 1.97. The van der Waals surface area contributed by atoms with Crippen LogP contribution < -0.4 is 5.32 Å². The van der Waals surface area contributed by atoms with Crippen molar-refractivity contribution in [2.24, 2.45) is 7.05 Å². The van der Waals surface area contributed by atoms with Gasteiger partial charge in [-0.05, 0) is 31.2 Å². The minimum Gasteiger partial charge on any atom is -0.305 e.